The SMILES string of the molecule is CN1CC(C(=O)NC2(C#Cc3cnc4ccccc4c3)CCCCC2)CC1=O. The summed E-state index contributed by atoms with van der Waals surface area (Å²) in [7, 11) is 1.75. The molecular weight excluding hydrogens is 350 g/mol. The predicted octanol–water partition coefficient (Wildman–Crippen LogP) is 2.88. The number of hydrogen-bond acceptors (Lipinski definition) is 3. The van der Waals surface area contributed by atoms with Crippen molar-refractivity contribution in [2.75, 3.05) is 13.6 Å². The molecule has 28 heavy (non-hydrogen) atoms. The van der Waals surface area contributed by atoms with Crippen molar-refractivity contribution in [3.63, 3.8) is 0 Å². The highest BCUT2D eigenvalue weighted by atomic mass is 16.2. The van der Waals surface area contributed by atoms with Crippen LogP contribution in [0.4, 0.5) is 0 Å². The maximum Gasteiger partial charge on any atom is 0.226 e. The van der Waals surface area contributed by atoms with E-state index in [2.05, 4.69) is 22.1 Å². The third-order valence-electron chi connectivity index (χ3n) is 5.82. The highest BCUT2D eigenvalue weighted by molar-refractivity contribution is 5.89. The number of aromatic nitrogens is 1. The Morgan fingerprint density at radius 3 is 2.79 bits per heavy atom. The molecular formula is C23H25N3O2. The van der Waals surface area contributed by atoms with Gasteiger partial charge in [0.1, 0.15) is 5.54 Å². The second-order valence-electron chi connectivity index (χ2n) is 7.97. The molecule has 1 saturated carbocycles. The number of fused-ring (bicyclic) bond motifs is 1. The molecule has 5 nitrogen and oxygen atoms in total. The van der Waals surface area contributed by atoms with Gasteiger partial charge in [0.25, 0.3) is 0 Å². The third-order valence-corrected chi connectivity index (χ3v) is 5.82. The topological polar surface area (TPSA) is 62.3 Å². The lowest BCUT2D eigenvalue weighted by molar-refractivity contribution is -0.129. The Hall–Kier alpha value is -2.87. The van der Waals surface area contributed by atoms with Crippen molar-refractivity contribution in [3.8, 4) is 11.8 Å². The van der Waals surface area contributed by atoms with Gasteiger partial charge in [-0.25, -0.2) is 0 Å². The summed E-state index contributed by atoms with van der Waals surface area (Å²) in [6.07, 6.45) is 7.05. The predicted molar refractivity (Wildman–Crippen MR) is 108 cm³/mol. The highest BCUT2D eigenvalue weighted by Gasteiger charge is 2.37. The number of likely N-dealkylation sites (tertiary alicyclic amines) is 1. The van der Waals surface area contributed by atoms with Crippen LogP contribution in [0.1, 0.15) is 44.1 Å². The lowest BCUT2D eigenvalue weighted by Crippen LogP contribution is -2.51. The first kappa shape index (κ1) is 18.5. The van der Waals surface area contributed by atoms with Crippen LogP contribution in [0.15, 0.2) is 36.5 Å². The van der Waals surface area contributed by atoms with E-state index in [9.17, 15) is 9.59 Å². The van der Waals surface area contributed by atoms with Crippen molar-refractivity contribution >= 4 is 22.7 Å². The van der Waals surface area contributed by atoms with Gasteiger partial charge in [-0.2, -0.15) is 0 Å². The van der Waals surface area contributed by atoms with Crippen molar-refractivity contribution in [1.82, 2.24) is 15.2 Å². The standard InChI is InChI=1S/C23H25N3O2/c1-26-16-19(14-21(26)27)22(28)25-23(10-5-2-6-11-23)12-9-17-13-18-7-3-4-8-20(18)24-15-17/h3-4,7-8,13,15,19H,2,5-6,10-11,14,16H2,1H3,(H,25,28). The minimum absolute atomic E-state index is 0.0335. The molecule has 0 bridgehead atoms. The van der Waals surface area contributed by atoms with Crippen molar-refractivity contribution in [2.45, 2.75) is 44.1 Å². The molecule has 1 aromatic carbocycles. The van der Waals surface area contributed by atoms with Gasteiger partial charge < -0.3 is 10.2 Å². The van der Waals surface area contributed by atoms with Crippen molar-refractivity contribution < 1.29 is 9.59 Å². The van der Waals surface area contributed by atoms with Gasteiger partial charge in [0.15, 0.2) is 0 Å². The van der Waals surface area contributed by atoms with Crippen LogP contribution in [0.3, 0.4) is 0 Å². The number of carbonyl (C=O) groups is 2. The molecule has 0 radical (unpaired) electrons. The summed E-state index contributed by atoms with van der Waals surface area (Å²) in [5, 5.41) is 4.27. The van der Waals surface area contributed by atoms with E-state index in [-0.39, 0.29) is 17.7 Å². The van der Waals surface area contributed by atoms with Crippen LogP contribution in [-0.4, -0.2) is 40.8 Å². The molecule has 1 atom stereocenters. The molecule has 1 aliphatic carbocycles. The molecule has 1 aromatic heterocycles. The first-order valence-electron chi connectivity index (χ1n) is 9.99. The zero-order valence-corrected chi connectivity index (χ0v) is 16.2. The number of hydrogen-bond donors (Lipinski definition) is 1. The Balaban J connectivity index is 1.56. The van der Waals surface area contributed by atoms with Crippen LogP contribution in [0.2, 0.25) is 0 Å². The lowest BCUT2D eigenvalue weighted by atomic mass is 9.81. The molecule has 1 unspecified atom stereocenters. The van der Waals surface area contributed by atoms with Gasteiger partial charge in [0, 0.05) is 37.2 Å². The Morgan fingerprint density at radius 2 is 2.04 bits per heavy atom. The van der Waals surface area contributed by atoms with E-state index in [1.807, 2.05) is 30.3 Å². The maximum atomic E-state index is 12.8. The number of rotatable bonds is 2. The number of amides is 2. The number of nitrogens with zero attached hydrogens (tertiary/aromatic N) is 2. The fourth-order valence-corrected chi connectivity index (χ4v) is 4.14. The maximum absolute atomic E-state index is 12.8. The Kier molecular flexibility index (Phi) is 5.04. The molecule has 4 rings (SSSR count). The summed E-state index contributed by atoms with van der Waals surface area (Å²) >= 11 is 0. The number of pyridine rings is 1. The first-order chi connectivity index (χ1) is 13.5. The summed E-state index contributed by atoms with van der Waals surface area (Å²) in [6.45, 7) is 0.489. The monoisotopic (exact) mass is 375 g/mol. The molecule has 5 heteroatoms. The number of nitrogens with one attached hydrogen (secondary N) is 1. The van der Waals surface area contributed by atoms with Gasteiger partial charge in [-0.3, -0.25) is 14.6 Å². The van der Waals surface area contributed by atoms with Crippen LogP contribution in [0.5, 0.6) is 0 Å². The van der Waals surface area contributed by atoms with Gasteiger partial charge in [0.05, 0.1) is 11.4 Å². The summed E-state index contributed by atoms with van der Waals surface area (Å²) in [5.74, 6) is 6.33. The zero-order chi connectivity index (χ0) is 19.6. The van der Waals surface area contributed by atoms with Crippen LogP contribution in [0.25, 0.3) is 10.9 Å². The van der Waals surface area contributed by atoms with Crippen LogP contribution in [-0.2, 0) is 9.59 Å². The molecule has 2 amide bonds. The fourth-order valence-electron chi connectivity index (χ4n) is 4.14. The fraction of sp³-hybridized carbons (Fsp3) is 0.435. The highest BCUT2D eigenvalue weighted by Crippen LogP contribution is 2.29. The van der Waals surface area contributed by atoms with Gasteiger partial charge in [-0.05, 0) is 25.0 Å². The van der Waals surface area contributed by atoms with Crippen LogP contribution < -0.4 is 5.32 Å². The normalized spacial score (nSPS) is 21.2. The largest absolute Gasteiger partial charge is 0.345 e. The van der Waals surface area contributed by atoms with Gasteiger partial charge in [-0.1, -0.05) is 49.3 Å². The van der Waals surface area contributed by atoms with E-state index in [1.54, 1.807) is 18.1 Å². The average molecular weight is 375 g/mol. The van der Waals surface area contributed by atoms with E-state index in [0.717, 1.165) is 42.1 Å². The Bertz CT molecular complexity index is 966. The molecule has 1 aliphatic heterocycles. The van der Waals surface area contributed by atoms with Crippen molar-refractivity contribution in [1.29, 1.82) is 0 Å². The third kappa shape index (κ3) is 3.87. The summed E-state index contributed by atoms with van der Waals surface area (Å²) < 4.78 is 0. The summed E-state index contributed by atoms with van der Waals surface area (Å²) in [4.78, 5) is 30.7. The summed E-state index contributed by atoms with van der Waals surface area (Å²) in [6, 6.07) is 10.0. The summed E-state index contributed by atoms with van der Waals surface area (Å²) in [5.41, 5.74) is 1.29. The van der Waals surface area contributed by atoms with Crippen LogP contribution in [0, 0.1) is 17.8 Å². The van der Waals surface area contributed by atoms with Crippen molar-refractivity contribution in [3.05, 3.63) is 42.1 Å². The number of para-hydroxylation sites is 1. The Labute approximate surface area is 165 Å². The van der Waals surface area contributed by atoms with Gasteiger partial charge >= 0.3 is 0 Å². The molecule has 1 N–H and O–H groups in total. The lowest BCUT2D eigenvalue weighted by Gasteiger charge is -2.34. The second-order valence-corrected chi connectivity index (χ2v) is 7.97. The van der Waals surface area contributed by atoms with E-state index in [4.69, 9.17) is 0 Å². The van der Waals surface area contributed by atoms with E-state index in [0.29, 0.717) is 13.0 Å². The van der Waals surface area contributed by atoms with Gasteiger partial charge in [0.2, 0.25) is 11.8 Å². The molecule has 2 aliphatic rings. The first-order valence-corrected chi connectivity index (χ1v) is 9.99. The van der Waals surface area contributed by atoms with Crippen LogP contribution >= 0.6 is 0 Å². The number of carbonyl (C=O) groups excluding carboxylic acids is 2. The van der Waals surface area contributed by atoms with Gasteiger partial charge in [-0.15, -0.1) is 0 Å². The average Bonchev–Trinajstić information content (AvgIpc) is 3.06. The van der Waals surface area contributed by atoms with E-state index >= 15 is 0 Å². The van der Waals surface area contributed by atoms with E-state index < -0.39 is 5.54 Å². The minimum Gasteiger partial charge on any atom is -0.345 e. The minimum atomic E-state index is -0.509. The smallest absolute Gasteiger partial charge is 0.226 e. The van der Waals surface area contributed by atoms with E-state index in [1.165, 1.54) is 6.42 Å². The molecule has 1 saturated heterocycles. The Morgan fingerprint density at radius 1 is 1.25 bits per heavy atom. The quantitative estimate of drug-likeness (QED) is 0.821. The molecule has 2 heterocycles. The molecule has 144 valence electrons. The van der Waals surface area contributed by atoms with Crippen molar-refractivity contribution in [2.24, 2.45) is 5.92 Å². The molecule has 2 aromatic rings. The number of benzene rings is 1. The molecule has 0 spiro atoms. The second kappa shape index (κ2) is 7.63. The zero-order valence-electron chi connectivity index (χ0n) is 16.2. The molecule has 2 fully saturated rings.